The molecule has 1 N–H and O–H groups in total. The first-order valence-corrected chi connectivity index (χ1v) is 8.12. The van der Waals surface area contributed by atoms with Crippen LogP contribution >= 0.6 is 11.6 Å². The molecule has 0 aliphatic carbocycles. The molecule has 1 aromatic heterocycles. The number of pyridine rings is 1. The highest BCUT2D eigenvalue weighted by Gasteiger charge is 2.04. The summed E-state index contributed by atoms with van der Waals surface area (Å²) in [5, 5.41) is 5.94. The number of hydrogen-bond donors (Lipinski definition) is 1. The van der Waals surface area contributed by atoms with E-state index >= 15 is 0 Å². The molecule has 0 atom stereocenters. The summed E-state index contributed by atoms with van der Waals surface area (Å²) >= 11 is 6.10. The summed E-state index contributed by atoms with van der Waals surface area (Å²) in [5.74, 6) is 0.855. The lowest BCUT2D eigenvalue weighted by Gasteiger charge is -2.07. The monoisotopic (exact) mass is 339 g/mol. The fraction of sp³-hybridized carbons (Fsp3) is 0.158. The van der Waals surface area contributed by atoms with Crippen molar-refractivity contribution in [2.24, 2.45) is 5.10 Å². The number of fused-ring (bicyclic) bond motifs is 1. The van der Waals surface area contributed by atoms with Gasteiger partial charge < -0.3 is 4.74 Å². The fourth-order valence-corrected chi connectivity index (χ4v) is 2.59. The Balaban J connectivity index is 1.81. The largest absolute Gasteiger partial charge is 0.494 e. The van der Waals surface area contributed by atoms with Gasteiger partial charge in [-0.05, 0) is 67.9 Å². The highest BCUT2D eigenvalue weighted by molar-refractivity contribution is 6.31. The van der Waals surface area contributed by atoms with Gasteiger partial charge in [0.15, 0.2) is 0 Å². The lowest BCUT2D eigenvalue weighted by Crippen LogP contribution is -1.95. The zero-order valence-electron chi connectivity index (χ0n) is 13.6. The molecule has 2 aromatic carbocycles. The van der Waals surface area contributed by atoms with E-state index in [2.05, 4.69) is 15.5 Å². The van der Waals surface area contributed by atoms with Crippen LogP contribution in [0.25, 0.3) is 10.9 Å². The van der Waals surface area contributed by atoms with Gasteiger partial charge in [0.05, 0.1) is 24.0 Å². The molecule has 0 aliphatic heterocycles. The fourth-order valence-electron chi connectivity index (χ4n) is 2.42. The molecule has 0 fully saturated rings. The summed E-state index contributed by atoms with van der Waals surface area (Å²) in [4.78, 5) is 4.51. The number of aryl methyl sites for hydroxylation is 1. The molecule has 1 heterocycles. The van der Waals surface area contributed by atoms with E-state index in [9.17, 15) is 0 Å². The van der Waals surface area contributed by atoms with E-state index < -0.39 is 0 Å². The van der Waals surface area contributed by atoms with Gasteiger partial charge >= 0.3 is 0 Å². The quantitative estimate of drug-likeness (QED) is 0.523. The summed E-state index contributed by atoms with van der Waals surface area (Å²) in [7, 11) is 0. The van der Waals surface area contributed by atoms with Crippen LogP contribution in [0.1, 0.15) is 18.2 Å². The Morgan fingerprint density at radius 1 is 1.17 bits per heavy atom. The molecule has 0 amide bonds. The van der Waals surface area contributed by atoms with E-state index in [4.69, 9.17) is 16.3 Å². The topological polar surface area (TPSA) is 46.5 Å². The maximum absolute atomic E-state index is 6.10. The summed E-state index contributed by atoms with van der Waals surface area (Å²) in [6.07, 6.45) is 1.77. The number of rotatable bonds is 5. The first kappa shape index (κ1) is 16.3. The number of aromatic nitrogens is 1. The van der Waals surface area contributed by atoms with Gasteiger partial charge in [0.25, 0.3) is 0 Å². The third-order valence-corrected chi connectivity index (χ3v) is 3.72. The minimum absolute atomic E-state index is 0.659. The van der Waals surface area contributed by atoms with Crippen molar-refractivity contribution in [3.63, 3.8) is 0 Å². The van der Waals surface area contributed by atoms with E-state index in [0.717, 1.165) is 33.6 Å². The Morgan fingerprint density at radius 2 is 1.96 bits per heavy atom. The molecule has 3 aromatic rings. The van der Waals surface area contributed by atoms with Crippen LogP contribution in [0, 0.1) is 6.92 Å². The van der Waals surface area contributed by atoms with Gasteiger partial charge in [-0.1, -0.05) is 11.6 Å². The summed E-state index contributed by atoms with van der Waals surface area (Å²) in [5.41, 5.74) is 6.75. The van der Waals surface area contributed by atoms with Gasteiger partial charge in [-0.25, -0.2) is 0 Å². The smallest absolute Gasteiger partial charge is 0.119 e. The second kappa shape index (κ2) is 7.32. The van der Waals surface area contributed by atoms with E-state index in [1.165, 1.54) is 0 Å². The Hall–Kier alpha value is -2.59. The molecule has 24 heavy (non-hydrogen) atoms. The van der Waals surface area contributed by atoms with Crippen molar-refractivity contribution in [3.05, 3.63) is 64.8 Å². The van der Waals surface area contributed by atoms with E-state index in [1.807, 2.05) is 62.4 Å². The van der Waals surface area contributed by atoms with Gasteiger partial charge in [-0.2, -0.15) is 5.10 Å². The molecule has 5 heteroatoms. The molecule has 4 nitrogen and oxygen atoms in total. The molecule has 0 saturated heterocycles. The van der Waals surface area contributed by atoms with Gasteiger partial charge in [-0.3, -0.25) is 10.4 Å². The molecule has 0 radical (unpaired) electrons. The van der Waals surface area contributed by atoms with E-state index in [1.54, 1.807) is 6.21 Å². The first-order chi connectivity index (χ1) is 11.7. The van der Waals surface area contributed by atoms with Crippen molar-refractivity contribution in [2.45, 2.75) is 13.8 Å². The van der Waals surface area contributed by atoms with Crippen LogP contribution < -0.4 is 10.2 Å². The molecule has 0 bridgehead atoms. The number of anilines is 1. The maximum atomic E-state index is 6.10. The number of benzene rings is 2. The predicted octanol–water partition coefficient (Wildman–Crippen LogP) is 5.04. The van der Waals surface area contributed by atoms with Crippen molar-refractivity contribution < 1.29 is 4.74 Å². The zero-order chi connectivity index (χ0) is 16.9. The number of hydrogen-bond acceptors (Lipinski definition) is 4. The van der Waals surface area contributed by atoms with Crippen molar-refractivity contribution in [1.29, 1.82) is 0 Å². The predicted molar refractivity (Wildman–Crippen MR) is 100 cm³/mol. The molecule has 0 saturated carbocycles. The Kier molecular flexibility index (Phi) is 4.96. The van der Waals surface area contributed by atoms with Gasteiger partial charge in [0.2, 0.25) is 0 Å². The minimum Gasteiger partial charge on any atom is -0.494 e. The van der Waals surface area contributed by atoms with Crippen LogP contribution in [0.4, 0.5) is 5.69 Å². The summed E-state index contributed by atoms with van der Waals surface area (Å²) in [6.45, 7) is 4.58. The van der Waals surface area contributed by atoms with Crippen LogP contribution in [0.3, 0.4) is 0 Å². The molecule has 3 rings (SSSR count). The van der Waals surface area contributed by atoms with Crippen LogP contribution in [0.15, 0.2) is 53.6 Å². The van der Waals surface area contributed by atoms with E-state index in [0.29, 0.717) is 11.6 Å². The maximum Gasteiger partial charge on any atom is 0.119 e. The van der Waals surface area contributed by atoms with Crippen molar-refractivity contribution in [1.82, 2.24) is 4.98 Å². The average Bonchev–Trinajstić information content (AvgIpc) is 2.57. The van der Waals surface area contributed by atoms with Crippen molar-refractivity contribution in [3.8, 4) is 5.75 Å². The molecular formula is C19H18ClN3O. The molecule has 0 spiro atoms. The SMILES string of the molecule is CCOc1ccc(/C=N/Nc2cc(C)nc3ccc(Cl)cc23)cc1. The summed E-state index contributed by atoms with van der Waals surface area (Å²) in [6, 6.07) is 15.4. The third-order valence-electron chi connectivity index (χ3n) is 3.49. The van der Waals surface area contributed by atoms with Gasteiger partial charge in [0.1, 0.15) is 5.75 Å². The lowest BCUT2D eigenvalue weighted by molar-refractivity contribution is 0.340. The number of hydrazone groups is 1. The average molecular weight is 340 g/mol. The highest BCUT2D eigenvalue weighted by atomic mass is 35.5. The van der Waals surface area contributed by atoms with Gasteiger partial charge in [-0.15, -0.1) is 0 Å². The first-order valence-electron chi connectivity index (χ1n) is 7.74. The Morgan fingerprint density at radius 3 is 2.71 bits per heavy atom. The Bertz CT molecular complexity index is 876. The second-order valence-electron chi connectivity index (χ2n) is 5.34. The van der Waals surface area contributed by atoms with Crippen molar-refractivity contribution in [2.75, 3.05) is 12.0 Å². The molecule has 0 unspecified atom stereocenters. The minimum atomic E-state index is 0.659. The van der Waals surface area contributed by atoms with Crippen LogP contribution in [0.5, 0.6) is 5.75 Å². The second-order valence-corrected chi connectivity index (χ2v) is 5.78. The number of nitrogens with one attached hydrogen (secondary N) is 1. The molecule has 122 valence electrons. The highest BCUT2D eigenvalue weighted by Crippen LogP contribution is 2.26. The van der Waals surface area contributed by atoms with Gasteiger partial charge in [0, 0.05) is 16.1 Å². The van der Waals surface area contributed by atoms with Crippen LogP contribution in [0.2, 0.25) is 5.02 Å². The standard InChI is InChI=1S/C19H18ClN3O/c1-3-24-16-7-4-14(5-8-16)12-21-23-19-10-13(2)22-18-9-6-15(20)11-17(18)19/h4-12H,3H2,1-2H3,(H,22,23)/b21-12+. The Labute approximate surface area is 146 Å². The van der Waals surface area contributed by atoms with Crippen molar-refractivity contribution >= 4 is 34.4 Å². The normalized spacial score (nSPS) is 11.1. The number of nitrogens with zero attached hydrogens (tertiary/aromatic N) is 2. The van der Waals surface area contributed by atoms with Crippen LogP contribution in [-0.4, -0.2) is 17.8 Å². The lowest BCUT2D eigenvalue weighted by atomic mass is 10.1. The van der Waals surface area contributed by atoms with E-state index in [-0.39, 0.29) is 0 Å². The summed E-state index contributed by atoms with van der Waals surface area (Å²) < 4.78 is 5.43. The number of halogens is 1. The third kappa shape index (κ3) is 3.84. The molecule has 0 aliphatic rings. The zero-order valence-corrected chi connectivity index (χ0v) is 14.3. The molecular weight excluding hydrogens is 322 g/mol. The number of ether oxygens (including phenoxy) is 1. The van der Waals surface area contributed by atoms with Crippen LogP contribution in [-0.2, 0) is 0 Å².